The van der Waals surface area contributed by atoms with Gasteiger partial charge in [0.1, 0.15) is 0 Å². The lowest BCUT2D eigenvalue weighted by Gasteiger charge is -2.20. The van der Waals surface area contributed by atoms with E-state index in [2.05, 4.69) is 66.3 Å². The van der Waals surface area contributed by atoms with Gasteiger partial charge in [0.2, 0.25) is 0 Å². The fourth-order valence-electron chi connectivity index (χ4n) is 2.70. The number of halogens is 1. The molecule has 1 nitrogen and oxygen atoms in total. The molecule has 0 bridgehead atoms. The average Bonchev–Trinajstić information content (AvgIpc) is 2.45. The average molecular weight is 354 g/mol. The van der Waals surface area contributed by atoms with Crippen LogP contribution in [0.1, 0.15) is 77.2 Å². The third-order valence-electron chi connectivity index (χ3n) is 4.00. The maximum Gasteiger partial charge on any atom is 0.0178 e. The van der Waals surface area contributed by atoms with Crippen molar-refractivity contribution in [2.45, 2.75) is 77.7 Å². The smallest absolute Gasteiger partial charge is 0.0178 e. The highest BCUT2D eigenvalue weighted by Gasteiger charge is 2.12. The van der Waals surface area contributed by atoms with Gasteiger partial charge in [-0.2, -0.15) is 0 Å². The van der Waals surface area contributed by atoms with Gasteiger partial charge in [-0.3, -0.25) is 0 Å². The predicted octanol–water partition coefficient (Wildman–Crippen LogP) is 6.28. The van der Waals surface area contributed by atoms with Gasteiger partial charge in [-0.05, 0) is 30.0 Å². The van der Waals surface area contributed by atoms with Crippen LogP contribution in [-0.2, 0) is 0 Å². The second-order valence-corrected chi connectivity index (χ2v) is 7.29. The van der Waals surface area contributed by atoms with Crippen LogP contribution in [0.3, 0.4) is 0 Å². The molecule has 1 aromatic carbocycles. The second-order valence-electron chi connectivity index (χ2n) is 6.37. The summed E-state index contributed by atoms with van der Waals surface area (Å²) in [5.41, 5.74) is 1.46. The van der Waals surface area contributed by atoms with Crippen molar-refractivity contribution >= 4 is 15.9 Å². The van der Waals surface area contributed by atoms with Crippen LogP contribution in [0, 0.1) is 0 Å². The first-order valence-corrected chi connectivity index (χ1v) is 9.41. The number of unbranched alkanes of at least 4 members (excludes halogenated alkanes) is 5. The molecular formula is C19H32BrN. The lowest BCUT2D eigenvalue weighted by molar-refractivity contribution is 0.482. The van der Waals surface area contributed by atoms with E-state index in [1.165, 1.54) is 55.0 Å². The van der Waals surface area contributed by atoms with Crippen LogP contribution in [0.4, 0.5) is 0 Å². The fourth-order valence-corrected chi connectivity index (χ4v) is 3.11. The van der Waals surface area contributed by atoms with Crippen molar-refractivity contribution < 1.29 is 0 Å². The van der Waals surface area contributed by atoms with Crippen LogP contribution in [0.2, 0.25) is 0 Å². The molecule has 0 aliphatic heterocycles. The molecule has 1 N–H and O–H groups in total. The Balaban J connectivity index is 2.45. The normalized spacial score (nSPS) is 12.8. The Morgan fingerprint density at radius 1 is 1.05 bits per heavy atom. The van der Waals surface area contributed by atoms with E-state index in [9.17, 15) is 0 Å². The third kappa shape index (κ3) is 8.63. The van der Waals surface area contributed by atoms with Crippen molar-refractivity contribution in [3.8, 4) is 0 Å². The molecule has 0 aliphatic carbocycles. The van der Waals surface area contributed by atoms with Gasteiger partial charge in [-0.25, -0.2) is 0 Å². The van der Waals surface area contributed by atoms with E-state index >= 15 is 0 Å². The number of rotatable bonds is 11. The summed E-state index contributed by atoms with van der Waals surface area (Å²) < 4.78 is 1.19. The number of nitrogens with one attached hydrogen (secondary N) is 1. The molecule has 0 saturated carbocycles. The SMILES string of the molecule is CCCCCCCCC(CNC(C)C)c1cccc(Br)c1. The summed E-state index contributed by atoms with van der Waals surface area (Å²) in [4.78, 5) is 0. The molecule has 0 amide bonds. The van der Waals surface area contributed by atoms with E-state index in [0.717, 1.165) is 6.54 Å². The van der Waals surface area contributed by atoms with E-state index in [4.69, 9.17) is 0 Å². The van der Waals surface area contributed by atoms with Crippen LogP contribution in [0.5, 0.6) is 0 Å². The van der Waals surface area contributed by atoms with Crippen molar-refractivity contribution in [2.24, 2.45) is 0 Å². The fraction of sp³-hybridized carbons (Fsp3) is 0.684. The molecule has 2 heteroatoms. The number of hydrogen-bond donors (Lipinski definition) is 1. The Kier molecular flexibility index (Phi) is 10.0. The molecule has 21 heavy (non-hydrogen) atoms. The number of benzene rings is 1. The molecule has 0 heterocycles. The standard InChI is InChI=1S/C19H32BrN/c1-4-5-6-7-8-9-11-18(15-21-16(2)3)17-12-10-13-19(20)14-17/h10,12-14,16,18,21H,4-9,11,15H2,1-3H3. The summed E-state index contributed by atoms with van der Waals surface area (Å²) in [6.07, 6.45) is 9.55. The molecular weight excluding hydrogens is 322 g/mol. The topological polar surface area (TPSA) is 12.0 Å². The molecule has 0 aliphatic rings. The molecule has 0 saturated heterocycles. The Morgan fingerprint density at radius 2 is 1.76 bits per heavy atom. The highest BCUT2D eigenvalue weighted by atomic mass is 79.9. The van der Waals surface area contributed by atoms with Crippen molar-refractivity contribution in [3.63, 3.8) is 0 Å². The van der Waals surface area contributed by atoms with Gasteiger partial charge in [-0.1, -0.05) is 87.4 Å². The zero-order valence-corrected chi connectivity index (χ0v) is 15.6. The van der Waals surface area contributed by atoms with E-state index in [1.807, 2.05) is 0 Å². The molecule has 1 unspecified atom stereocenters. The van der Waals surface area contributed by atoms with Crippen LogP contribution < -0.4 is 5.32 Å². The summed E-state index contributed by atoms with van der Waals surface area (Å²) in [5.74, 6) is 0.635. The van der Waals surface area contributed by atoms with Gasteiger partial charge in [0.15, 0.2) is 0 Å². The van der Waals surface area contributed by atoms with Crippen molar-refractivity contribution in [2.75, 3.05) is 6.54 Å². The monoisotopic (exact) mass is 353 g/mol. The van der Waals surface area contributed by atoms with Crippen LogP contribution in [-0.4, -0.2) is 12.6 Å². The van der Waals surface area contributed by atoms with E-state index in [-0.39, 0.29) is 0 Å². The summed E-state index contributed by atoms with van der Waals surface area (Å²) in [5, 5.41) is 3.61. The first-order chi connectivity index (χ1) is 10.1. The quantitative estimate of drug-likeness (QED) is 0.461. The number of hydrogen-bond acceptors (Lipinski definition) is 1. The molecule has 120 valence electrons. The van der Waals surface area contributed by atoms with Crippen molar-refractivity contribution in [1.29, 1.82) is 0 Å². The molecule has 0 aromatic heterocycles. The predicted molar refractivity (Wildman–Crippen MR) is 98.0 cm³/mol. The van der Waals surface area contributed by atoms with E-state index < -0.39 is 0 Å². The Hall–Kier alpha value is -0.340. The lowest BCUT2D eigenvalue weighted by Crippen LogP contribution is -2.28. The van der Waals surface area contributed by atoms with Crippen LogP contribution in [0.25, 0.3) is 0 Å². The van der Waals surface area contributed by atoms with Crippen LogP contribution >= 0.6 is 15.9 Å². The Morgan fingerprint density at radius 3 is 2.43 bits per heavy atom. The summed E-state index contributed by atoms with van der Waals surface area (Å²) in [6.45, 7) is 7.81. The van der Waals surface area contributed by atoms with Gasteiger partial charge in [0.25, 0.3) is 0 Å². The van der Waals surface area contributed by atoms with Gasteiger partial charge >= 0.3 is 0 Å². The zero-order valence-electron chi connectivity index (χ0n) is 14.0. The highest BCUT2D eigenvalue weighted by Crippen LogP contribution is 2.25. The first kappa shape index (κ1) is 18.7. The lowest BCUT2D eigenvalue weighted by atomic mass is 9.92. The second kappa shape index (κ2) is 11.3. The van der Waals surface area contributed by atoms with Crippen molar-refractivity contribution in [3.05, 3.63) is 34.3 Å². The minimum Gasteiger partial charge on any atom is -0.314 e. The molecule has 1 aromatic rings. The minimum absolute atomic E-state index is 0.559. The third-order valence-corrected chi connectivity index (χ3v) is 4.49. The first-order valence-electron chi connectivity index (χ1n) is 8.62. The van der Waals surface area contributed by atoms with E-state index in [0.29, 0.717) is 12.0 Å². The zero-order chi connectivity index (χ0) is 15.5. The van der Waals surface area contributed by atoms with Crippen molar-refractivity contribution in [1.82, 2.24) is 5.32 Å². The molecule has 0 radical (unpaired) electrons. The molecule has 0 fully saturated rings. The molecule has 1 atom stereocenters. The molecule has 0 spiro atoms. The van der Waals surface area contributed by atoms with E-state index in [1.54, 1.807) is 0 Å². The minimum atomic E-state index is 0.559. The molecule has 1 rings (SSSR count). The van der Waals surface area contributed by atoms with Gasteiger partial charge in [0.05, 0.1) is 0 Å². The maximum atomic E-state index is 3.61. The largest absolute Gasteiger partial charge is 0.314 e. The summed E-state index contributed by atoms with van der Waals surface area (Å²) in [6, 6.07) is 9.38. The highest BCUT2D eigenvalue weighted by molar-refractivity contribution is 9.10. The van der Waals surface area contributed by atoms with Crippen LogP contribution in [0.15, 0.2) is 28.7 Å². The summed E-state index contributed by atoms with van der Waals surface area (Å²) >= 11 is 3.60. The Bertz CT molecular complexity index is 376. The van der Waals surface area contributed by atoms with Gasteiger partial charge in [-0.15, -0.1) is 0 Å². The van der Waals surface area contributed by atoms with Gasteiger partial charge < -0.3 is 5.32 Å². The summed E-state index contributed by atoms with van der Waals surface area (Å²) in [7, 11) is 0. The van der Waals surface area contributed by atoms with Gasteiger partial charge in [0, 0.05) is 17.1 Å². The Labute approximate surface area is 140 Å². The maximum absolute atomic E-state index is 3.61.